The third-order valence-corrected chi connectivity index (χ3v) is 8.71. The molecule has 3 heterocycles. The molecule has 1 amide bonds. The van der Waals surface area contributed by atoms with Gasteiger partial charge in [0.05, 0.1) is 12.1 Å². The van der Waals surface area contributed by atoms with Gasteiger partial charge in [0, 0.05) is 72.8 Å². The number of amides is 1. The molecule has 7 nitrogen and oxygen atoms in total. The average molecular weight is 570 g/mol. The van der Waals surface area contributed by atoms with Gasteiger partial charge in [0.2, 0.25) is 0 Å². The Morgan fingerprint density at radius 1 is 1.08 bits per heavy atom. The molecule has 0 spiro atoms. The molecular formula is C30H34Cl2N4O3. The number of benzene rings is 2. The molecule has 9 heteroatoms. The van der Waals surface area contributed by atoms with E-state index in [1.54, 1.807) is 13.3 Å². The zero-order valence-electron chi connectivity index (χ0n) is 22.5. The maximum Gasteiger partial charge on any atom is 0.278 e. The van der Waals surface area contributed by atoms with Crippen LogP contribution in [0.5, 0.6) is 0 Å². The van der Waals surface area contributed by atoms with Crippen LogP contribution in [0.4, 0.5) is 0 Å². The van der Waals surface area contributed by atoms with Crippen LogP contribution in [0.1, 0.15) is 35.0 Å². The number of aromatic nitrogens is 1. The van der Waals surface area contributed by atoms with Gasteiger partial charge < -0.3 is 10.0 Å². The quantitative estimate of drug-likeness (QED) is 0.417. The number of pyridine rings is 1. The number of carbonyl (C=O) groups is 1. The van der Waals surface area contributed by atoms with E-state index in [4.69, 9.17) is 28.0 Å². The number of carbonyl (C=O) groups excluding carboxylic acids is 1. The minimum Gasteiger partial charge on any atom is -0.396 e. The largest absolute Gasteiger partial charge is 0.396 e. The van der Waals surface area contributed by atoms with E-state index in [1.807, 2.05) is 54.6 Å². The van der Waals surface area contributed by atoms with Crippen molar-refractivity contribution >= 4 is 29.1 Å². The van der Waals surface area contributed by atoms with E-state index in [-0.39, 0.29) is 18.6 Å². The first kappa shape index (κ1) is 28.0. The number of hydrogen-bond acceptors (Lipinski definition) is 6. The first-order chi connectivity index (χ1) is 18.8. The van der Waals surface area contributed by atoms with Crippen LogP contribution in [0.2, 0.25) is 10.0 Å². The van der Waals surface area contributed by atoms with E-state index >= 15 is 0 Å². The molecule has 2 aliphatic rings. The molecule has 2 aliphatic heterocycles. The fraction of sp³-hybridized carbons (Fsp3) is 0.400. The Kier molecular flexibility index (Phi) is 8.29. The number of piperazine rings is 1. The van der Waals surface area contributed by atoms with Crippen molar-refractivity contribution in [2.75, 3.05) is 40.4 Å². The Morgan fingerprint density at radius 2 is 1.79 bits per heavy atom. The predicted molar refractivity (Wildman–Crippen MR) is 154 cm³/mol. The third kappa shape index (κ3) is 5.08. The molecule has 0 radical (unpaired) electrons. The summed E-state index contributed by atoms with van der Waals surface area (Å²) < 4.78 is 0. The average Bonchev–Trinajstić information content (AvgIpc) is 3.18. The number of likely N-dealkylation sites (N-methyl/N-ethyl adjacent to an activating group) is 1. The molecular weight excluding hydrogens is 535 g/mol. The van der Waals surface area contributed by atoms with Gasteiger partial charge in [0.25, 0.3) is 5.91 Å². The maximum absolute atomic E-state index is 14.1. The fourth-order valence-electron chi connectivity index (χ4n) is 6.28. The van der Waals surface area contributed by atoms with E-state index in [0.717, 1.165) is 42.0 Å². The van der Waals surface area contributed by atoms with Crippen molar-refractivity contribution in [2.24, 2.45) is 0 Å². The van der Waals surface area contributed by atoms with Gasteiger partial charge in [-0.3, -0.25) is 19.5 Å². The molecule has 39 heavy (non-hydrogen) atoms. The smallest absolute Gasteiger partial charge is 0.278 e. The third-order valence-electron chi connectivity index (χ3n) is 8.24. The minimum absolute atomic E-state index is 0.0363. The number of rotatable bonds is 8. The second-order valence-electron chi connectivity index (χ2n) is 10.4. The molecule has 2 aromatic carbocycles. The van der Waals surface area contributed by atoms with E-state index in [9.17, 15) is 9.90 Å². The van der Waals surface area contributed by atoms with Crippen LogP contribution in [0.3, 0.4) is 0 Å². The molecule has 5 rings (SSSR count). The van der Waals surface area contributed by atoms with Crippen molar-refractivity contribution in [1.82, 2.24) is 19.8 Å². The van der Waals surface area contributed by atoms with Crippen molar-refractivity contribution in [2.45, 2.75) is 37.4 Å². The Hall–Kier alpha value is -2.52. The molecule has 1 fully saturated rings. The first-order valence-corrected chi connectivity index (χ1v) is 14.0. The van der Waals surface area contributed by atoms with Gasteiger partial charge in [-0.15, -0.1) is 0 Å². The second-order valence-corrected chi connectivity index (χ2v) is 11.3. The molecule has 1 aromatic heterocycles. The van der Waals surface area contributed by atoms with Gasteiger partial charge in [0.15, 0.2) is 0 Å². The lowest BCUT2D eigenvalue weighted by molar-refractivity contribution is -0.187. The SMILES string of the molecule is CON1C(=O)c2cccc(-c3ccc(Cl)cc3)c2[C@]1(Cc1ccc(Cl)cn1)C(CCO)N1CCN(C)[C@@H](C)C1. The normalized spacial score (nSPS) is 22.8. The molecule has 0 aliphatic carbocycles. The van der Waals surface area contributed by atoms with Crippen LogP contribution < -0.4 is 0 Å². The number of aliphatic hydroxyl groups is 1. The molecule has 1 unspecified atom stereocenters. The molecule has 3 atom stereocenters. The van der Waals surface area contributed by atoms with Crippen LogP contribution in [0.15, 0.2) is 60.8 Å². The van der Waals surface area contributed by atoms with E-state index in [2.05, 4.69) is 28.8 Å². The number of aliphatic hydroxyl groups excluding tert-OH is 1. The highest BCUT2D eigenvalue weighted by Gasteiger charge is 2.58. The lowest BCUT2D eigenvalue weighted by Gasteiger charge is -2.51. The monoisotopic (exact) mass is 568 g/mol. The molecule has 0 bridgehead atoms. The number of fused-ring (bicyclic) bond motifs is 1. The fourth-order valence-corrected chi connectivity index (χ4v) is 6.52. The predicted octanol–water partition coefficient (Wildman–Crippen LogP) is 4.90. The Labute approximate surface area is 239 Å². The molecule has 1 saturated heterocycles. The lowest BCUT2D eigenvalue weighted by atomic mass is 9.74. The van der Waals surface area contributed by atoms with Gasteiger partial charge in [-0.25, -0.2) is 5.06 Å². The highest BCUT2D eigenvalue weighted by molar-refractivity contribution is 6.30. The van der Waals surface area contributed by atoms with Gasteiger partial charge in [-0.2, -0.15) is 0 Å². The standard InChI is InChI=1S/C30H34Cl2N4O3/c1-20-19-35(15-14-34(20)2)27(13-16-37)30(17-24-12-11-23(32)18-33-24)28-25(21-7-9-22(31)10-8-21)5-4-6-26(28)29(38)36(30)39-3/h4-12,18,20,27,37H,13-17,19H2,1-3H3/t20-,27?,30-/m0/s1. The summed E-state index contributed by atoms with van der Waals surface area (Å²) in [5, 5.41) is 13.1. The van der Waals surface area contributed by atoms with Crippen LogP contribution >= 0.6 is 23.2 Å². The van der Waals surface area contributed by atoms with Crippen molar-refractivity contribution in [3.63, 3.8) is 0 Å². The summed E-state index contributed by atoms with van der Waals surface area (Å²) in [5.41, 5.74) is 3.14. The Bertz CT molecular complexity index is 1320. The van der Waals surface area contributed by atoms with Crippen molar-refractivity contribution in [3.8, 4) is 11.1 Å². The number of nitrogens with zero attached hydrogens (tertiary/aromatic N) is 4. The van der Waals surface area contributed by atoms with Gasteiger partial charge >= 0.3 is 0 Å². The zero-order valence-corrected chi connectivity index (χ0v) is 24.0. The number of halogens is 2. The summed E-state index contributed by atoms with van der Waals surface area (Å²) >= 11 is 12.4. The molecule has 206 valence electrons. The summed E-state index contributed by atoms with van der Waals surface area (Å²) in [6.07, 6.45) is 2.46. The van der Waals surface area contributed by atoms with Gasteiger partial charge in [-0.1, -0.05) is 47.5 Å². The van der Waals surface area contributed by atoms with Crippen molar-refractivity contribution in [1.29, 1.82) is 0 Å². The lowest BCUT2D eigenvalue weighted by Crippen LogP contribution is -2.64. The van der Waals surface area contributed by atoms with Crippen LogP contribution in [0, 0.1) is 0 Å². The highest BCUT2D eigenvalue weighted by Crippen LogP contribution is 2.50. The summed E-state index contributed by atoms with van der Waals surface area (Å²) in [5.74, 6) is -0.206. The first-order valence-electron chi connectivity index (χ1n) is 13.2. The van der Waals surface area contributed by atoms with E-state index < -0.39 is 5.54 Å². The maximum atomic E-state index is 14.1. The van der Waals surface area contributed by atoms with Crippen LogP contribution in [-0.4, -0.2) is 83.3 Å². The van der Waals surface area contributed by atoms with Crippen molar-refractivity contribution in [3.05, 3.63) is 87.7 Å². The number of hydrogen-bond donors (Lipinski definition) is 1. The number of hydroxylamine groups is 2. The van der Waals surface area contributed by atoms with E-state index in [0.29, 0.717) is 34.5 Å². The molecule has 3 aromatic rings. The highest BCUT2D eigenvalue weighted by atomic mass is 35.5. The zero-order chi connectivity index (χ0) is 27.7. The van der Waals surface area contributed by atoms with Crippen LogP contribution in [0.25, 0.3) is 11.1 Å². The topological polar surface area (TPSA) is 69.1 Å². The Morgan fingerprint density at radius 3 is 2.44 bits per heavy atom. The second kappa shape index (κ2) is 11.5. The minimum atomic E-state index is -0.976. The van der Waals surface area contributed by atoms with Crippen LogP contribution in [-0.2, 0) is 16.8 Å². The summed E-state index contributed by atoms with van der Waals surface area (Å²) in [6, 6.07) is 17.2. The molecule has 0 saturated carbocycles. The molecule has 1 N–H and O–H groups in total. The van der Waals surface area contributed by atoms with Gasteiger partial charge in [0.1, 0.15) is 5.54 Å². The Balaban J connectivity index is 1.78. The summed E-state index contributed by atoms with van der Waals surface area (Å²) in [4.78, 5) is 29.5. The van der Waals surface area contributed by atoms with Gasteiger partial charge in [-0.05, 0) is 61.9 Å². The summed E-state index contributed by atoms with van der Waals surface area (Å²) in [6.45, 7) is 4.64. The van der Waals surface area contributed by atoms with Crippen molar-refractivity contribution < 1.29 is 14.7 Å². The summed E-state index contributed by atoms with van der Waals surface area (Å²) in [7, 11) is 3.67. The van der Waals surface area contributed by atoms with E-state index in [1.165, 1.54) is 5.06 Å².